The number of aryl methyl sites for hydroxylation is 2. The molecule has 0 aromatic carbocycles. The standard InChI is InChI=1S/C14H9ClN2O/c15-14-13-9(5-7-17-14)8-3-4-11-10(12(8)18-13)2-1-6-16-11/h1-2,5-7H,3-4H2. The third-order valence-corrected chi connectivity index (χ3v) is 3.68. The molecule has 0 atom stereocenters. The number of pyridine rings is 2. The molecule has 0 aliphatic heterocycles. The van der Waals surface area contributed by atoms with Gasteiger partial charge in [0.05, 0.1) is 5.69 Å². The minimum Gasteiger partial charge on any atom is -0.452 e. The summed E-state index contributed by atoms with van der Waals surface area (Å²) in [6.45, 7) is 0. The van der Waals surface area contributed by atoms with E-state index in [9.17, 15) is 0 Å². The van der Waals surface area contributed by atoms with Gasteiger partial charge in [-0.05, 0) is 31.0 Å². The van der Waals surface area contributed by atoms with E-state index in [0.29, 0.717) is 10.7 Å². The predicted octanol–water partition coefficient (Wildman–Crippen LogP) is 3.64. The Morgan fingerprint density at radius 3 is 3.00 bits per heavy atom. The van der Waals surface area contributed by atoms with E-state index in [1.807, 2.05) is 24.4 Å². The lowest BCUT2D eigenvalue weighted by Crippen LogP contribution is -2.03. The summed E-state index contributed by atoms with van der Waals surface area (Å²) in [6, 6.07) is 5.94. The molecule has 18 heavy (non-hydrogen) atoms. The first-order valence-electron chi connectivity index (χ1n) is 5.85. The summed E-state index contributed by atoms with van der Waals surface area (Å²) in [6.07, 6.45) is 5.42. The van der Waals surface area contributed by atoms with Crippen molar-refractivity contribution in [3.05, 3.63) is 47.0 Å². The summed E-state index contributed by atoms with van der Waals surface area (Å²) in [7, 11) is 0. The maximum atomic E-state index is 6.08. The van der Waals surface area contributed by atoms with Crippen LogP contribution in [0.2, 0.25) is 5.15 Å². The van der Waals surface area contributed by atoms with Crippen LogP contribution in [0.15, 0.2) is 35.0 Å². The van der Waals surface area contributed by atoms with E-state index in [1.165, 1.54) is 5.56 Å². The molecule has 3 heterocycles. The number of rotatable bonds is 0. The van der Waals surface area contributed by atoms with Gasteiger partial charge in [-0.25, -0.2) is 4.98 Å². The number of furan rings is 1. The van der Waals surface area contributed by atoms with Crippen molar-refractivity contribution in [1.82, 2.24) is 9.97 Å². The lowest BCUT2D eigenvalue weighted by molar-refractivity contribution is 0.618. The van der Waals surface area contributed by atoms with Crippen LogP contribution in [-0.2, 0) is 12.8 Å². The summed E-state index contributed by atoms with van der Waals surface area (Å²) in [5.74, 6) is 0.897. The molecule has 1 aliphatic carbocycles. The largest absolute Gasteiger partial charge is 0.452 e. The molecule has 0 fully saturated rings. The van der Waals surface area contributed by atoms with E-state index in [1.54, 1.807) is 6.20 Å². The zero-order valence-corrected chi connectivity index (χ0v) is 10.2. The van der Waals surface area contributed by atoms with Crippen molar-refractivity contribution in [1.29, 1.82) is 0 Å². The van der Waals surface area contributed by atoms with Gasteiger partial charge in [0.15, 0.2) is 10.7 Å². The first-order valence-corrected chi connectivity index (χ1v) is 6.22. The van der Waals surface area contributed by atoms with Gasteiger partial charge in [-0.2, -0.15) is 0 Å². The molecular formula is C14H9ClN2O. The molecule has 0 saturated heterocycles. The van der Waals surface area contributed by atoms with Crippen LogP contribution < -0.4 is 0 Å². The van der Waals surface area contributed by atoms with E-state index < -0.39 is 0 Å². The fourth-order valence-electron chi connectivity index (χ4n) is 2.60. The van der Waals surface area contributed by atoms with Crippen molar-refractivity contribution in [2.75, 3.05) is 0 Å². The zero-order valence-electron chi connectivity index (χ0n) is 9.48. The first kappa shape index (κ1) is 10.1. The van der Waals surface area contributed by atoms with Crippen molar-refractivity contribution < 1.29 is 4.42 Å². The molecule has 0 amide bonds. The number of nitrogens with zero attached hydrogens (tertiary/aromatic N) is 2. The van der Waals surface area contributed by atoms with Gasteiger partial charge in [0.2, 0.25) is 0 Å². The third-order valence-electron chi connectivity index (χ3n) is 3.41. The van der Waals surface area contributed by atoms with Crippen LogP contribution >= 0.6 is 11.6 Å². The highest BCUT2D eigenvalue weighted by molar-refractivity contribution is 6.33. The molecule has 0 N–H and O–H groups in total. The number of hydrogen-bond donors (Lipinski definition) is 0. The van der Waals surface area contributed by atoms with Crippen molar-refractivity contribution in [3.8, 4) is 11.3 Å². The molecule has 1 aliphatic rings. The van der Waals surface area contributed by atoms with Gasteiger partial charge in [-0.3, -0.25) is 4.98 Å². The molecule has 0 unspecified atom stereocenters. The molecule has 88 valence electrons. The topological polar surface area (TPSA) is 38.9 Å². The van der Waals surface area contributed by atoms with Crippen LogP contribution in [0, 0.1) is 0 Å². The van der Waals surface area contributed by atoms with Crippen LogP contribution in [0.5, 0.6) is 0 Å². The lowest BCUT2D eigenvalue weighted by Gasteiger charge is -2.13. The normalized spacial score (nSPS) is 13.4. The molecular weight excluding hydrogens is 248 g/mol. The highest BCUT2D eigenvalue weighted by Crippen LogP contribution is 2.40. The fraction of sp³-hybridized carbons (Fsp3) is 0.143. The Morgan fingerprint density at radius 1 is 1.11 bits per heavy atom. The SMILES string of the molecule is Clc1nccc2c3c(oc12)-c1cccnc1CC3. The monoisotopic (exact) mass is 256 g/mol. The second-order valence-corrected chi connectivity index (χ2v) is 4.74. The van der Waals surface area contributed by atoms with Crippen LogP contribution in [0.1, 0.15) is 11.3 Å². The Hall–Kier alpha value is -1.87. The predicted molar refractivity (Wildman–Crippen MR) is 69.7 cm³/mol. The van der Waals surface area contributed by atoms with Gasteiger partial charge in [-0.1, -0.05) is 11.6 Å². The van der Waals surface area contributed by atoms with Gasteiger partial charge >= 0.3 is 0 Å². The Bertz CT molecular complexity index is 764. The first-order chi connectivity index (χ1) is 8.84. The van der Waals surface area contributed by atoms with E-state index in [4.69, 9.17) is 16.0 Å². The number of fused-ring (bicyclic) bond motifs is 5. The van der Waals surface area contributed by atoms with E-state index >= 15 is 0 Å². The average molecular weight is 257 g/mol. The lowest BCUT2D eigenvalue weighted by atomic mass is 9.93. The zero-order chi connectivity index (χ0) is 12.1. The third kappa shape index (κ3) is 1.25. The minimum atomic E-state index is 0.423. The Balaban J connectivity index is 2.11. The maximum Gasteiger partial charge on any atom is 0.172 e. The molecule has 3 aromatic rings. The molecule has 0 spiro atoms. The summed E-state index contributed by atoms with van der Waals surface area (Å²) in [5.41, 5.74) is 4.06. The van der Waals surface area contributed by atoms with E-state index in [0.717, 1.165) is 35.2 Å². The Kier molecular flexibility index (Phi) is 2.00. The summed E-state index contributed by atoms with van der Waals surface area (Å²) >= 11 is 6.08. The van der Waals surface area contributed by atoms with Crippen molar-refractivity contribution in [2.45, 2.75) is 12.8 Å². The summed E-state index contributed by atoms with van der Waals surface area (Å²) in [5, 5.41) is 1.49. The quantitative estimate of drug-likeness (QED) is 0.577. The van der Waals surface area contributed by atoms with Gasteiger partial charge in [-0.15, -0.1) is 0 Å². The number of hydrogen-bond acceptors (Lipinski definition) is 3. The molecule has 0 bridgehead atoms. The van der Waals surface area contributed by atoms with Crippen LogP contribution in [0.25, 0.3) is 22.3 Å². The Labute approximate surface area is 108 Å². The molecule has 0 saturated carbocycles. The van der Waals surface area contributed by atoms with Crippen molar-refractivity contribution in [2.24, 2.45) is 0 Å². The van der Waals surface area contributed by atoms with Crippen LogP contribution in [0.4, 0.5) is 0 Å². The van der Waals surface area contributed by atoms with Crippen LogP contribution in [0.3, 0.4) is 0 Å². The summed E-state index contributed by atoms with van der Waals surface area (Å²) < 4.78 is 5.91. The maximum absolute atomic E-state index is 6.08. The highest BCUT2D eigenvalue weighted by atomic mass is 35.5. The van der Waals surface area contributed by atoms with E-state index in [2.05, 4.69) is 9.97 Å². The minimum absolute atomic E-state index is 0.423. The molecule has 3 aromatic heterocycles. The number of aromatic nitrogens is 2. The van der Waals surface area contributed by atoms with Crippen molar-refractivity contribution in [3.63, 3.8) is 0 Å². The Morgan fingerprint density at radius 2 is 2.06 bits per heavy atom. The van der Waals surface area contributed by atoms with Gasteiger partial charge in [0.25, 0.3) is 0 Å². The molecule has 3 nitrogen and oxygen atoms in total. The van der Waals surface area contributed by atoms with Crippen LogP contribution in [-0.4, -0.2) is 9.97 Å². The second kappa shape index (κ2) is 3.56. The highest BCUT2D eigenvalue weighted by Gasteiger charge is 2.24. The number of halogens is 1. The fourth-order valence-corrected chi connectivity index (χ4v) is 2.79. The molecule has 0 radical (unpaired) electrons. The van der Waals surface area contributed by atoms with Crippen molar-refractivity contribution >= 4 is 22.6 Å². The van der Waals surface area contributed by atoms with E-state index in [-0.39, 0.29) is 0 Å². The van der Waals surface area contributed by atoms with Gasteiger partial charge < -0.3 is 4.42 Å². The smallest absolute Gasteiger partial charge is 0.172 e. The summed E-state index contributed by atoms with van der Waals surface area (Å²) in [4.78, 5) is 8.46. The second-order valence-electron chi connectivity index (χ2n) is 4.39. The molecule has 4 rings (SSSR count). The molecule has 4 heteroatoms. The average Bonchev–Trinajstić information content (AvgIpc) is 2.79. The van der Waals surface area contributed by atoms with Gasteiger partial charge in [0.1, 0.15) is 5.76 Å². The van der Waals surface area contributed by atoms with Gasteiger partial charge in [0, 0.05) is 28.9 Å².